The fourth-order valence-electron chi connectivity index (χ4n) is 2.65. The van der Waals surface area contributed by atoms with Gasteiger partial charge in [-0.1, -0.05) is 0 Å². The van der Waals surface area contributed by atoms with E-state index in [9.17, 15) is 4.79 Å². The van der Waals surface area contributed by atoms with E-state index in [1.165, 1.54) is 23.4 Å². The van der Waals surface area contributed by atoms with E-state index in [2.05, 4.69) is 10.3 Å². The number of hydrogen-bond acceptors (Lipinski definition) is 5. The van der Waals surface area contributed by atoms with Gasteiger partial charge in [-0.15, -0.1) is 11.3 Å². The van der Waals surface area contributed by atoms with E-state index in [1.54, 1.807) is 11.3 Å². The van der Waals surface area contributed by atoms with Crippen LogP contribution in [0.5, 0.6) is 0 Å². The fraction of sp³-hybridized carbons (Fsp3) is 0.733. The molecule has 116 valence electrons. The highest BCUT2D eigenvalue weighted by molar-refractivity contribution is 7.09. The van der Waals surface area contributed by atoms with Gasteiger partial charge in [0.05, 0.1) is 22.1 Å². The van der Waals surface area contributed by atoms with Crippen LogP contribution in [-0.4, -0.2) is 41.2 Å². The number of amides is 1. The van der Waals surface area contributed by atoms with E-state index < -0.39 is 5.60 Å². The smallest absolute Gasteiger partial charge is 0.410 e. The molecule has 2 heterocycles. The Kier molecular flexibility index (Phi) is 3.92. The largest absolute Gasteiger partial charge is 0.444 e. The van der Waals surface area contributed by atoms with Gasteiger partial charge in [-0.2, -0.15) is 0 Å². The maximum Gasteiger partial charge on any atom is 0.410 e. The third-order valence-electron chi connectivity index (χ3n) is 3.76. The zero-order valence-corrected chi connectivity index (χ0v) is 13.7. The van der Waals surface area contributed by atoms with Crippen LogP contribution in [0.25, 0.3) is 0 Å². The Morgan fingerprint density at radius 3 is 2.90 bits per heavy atom. The van der Waals surface area contributed by atoms with E-state index in [0.29, 0.717) is 12.5 Å². The van der Waals surface area contributed by atoms with Crippen LogP contribution in [0.3, 0.4) is 0 Å². The first kappa shape index (κ1) is 14.8. The summed E-state index contributed by atoms with van der Waals surface area (Å²) in [5.74, 6) is 0.605. The van der Waals surface area contributed by atoms with Crippen LogP contribution >= 0.6 is 11.3 Å². The lowest BCUT2D eigenvalue weighted by molar-refractivity contribution is 0.0121. The van der Waals surface area contributed by atoms with Gasteiger partial charge in [0, 0.05) is 25.6 Å². The maximum absolute atomic E-state index is 12.5. The average Bonchev–Trinajstić information content (AvgIpc) is 3.14. The molecule has 1 N–H and O–H groups in total. The molecule has 2 fully saturated rings. The van der Waals surface area contributed by atoms with E-state index in [0.717, 1.165) is 13.1 Å². The van der Waals surface area contributed by atoms with Crippen LogP contribution in [0.4, 0.5) is 4.79 Å². The third-order valence-corrected chi connectivity index (χ3v) is 4.71. The minimum absolute atomic E-state index is 0.0525. The second-order valence-electron chi connectivity index (χ2n) is 6.77. The first-order chi connectivity index (χ1) is 9.96. The van der Waals surface area contributed by atoms with E-state index >= 15 is 0 Å². The monoisotopic (exact) mass is 309 g/mol. The van der Waals surface area contributed by atoms with E-state index in [-0.39, 0.29) is 12.1 Å². The molecule has 1 aliphatic carbocycles. The molecular formula is C15H23N3O2S. The van der Waals surface area contributed by atoms with Crippen molar-refractivity contribution in [1.82, 2.24) is 15.2 Å². The lowest BCUT2D eigenvalue weighted by Gasteiger charge is -2.37. The second kappa shape index (κ2) is 5.57. The zero-order valence-electron chi connectivity index (χ0n) is 12.9. The van der Waals surface area contributed by atoms with Crippen molar-refractivity contribution in [3.05, 3.63) is 16.1 Å². The lowest BCUT2D eigenvalue weighted by atomic mass is 10.1. The highest BCUT2D eigenvalue weighted by atomic mass is 32.1. The van der Waals surface area contributed by atoms with Gasteiger partial charge in [0.15, 0.2) is 0 Å². The van der Waals surface area contributed by atoms with Gasteiger partial charge in [0.25, 0.3) is 0 Å². The predicted octanol–water partition coefficient (Wildman–Crippen LogP) is 2.90. The van der Waals surface area contributed by atoms with Gasteiger partial charge in [-0.05, 0) is 33.6 Å². The summed E-state index contributed by atoms with van der Waals surface area (Å²) in [6.45, 7) is 8.00. The van der Waals surface area contributed by atoms with Crippen molar-refractivity contribution in [2.45, 2.75) is 51.2 Å². The van der Waals surface area contributed by atoms with Gasteiger partial charge < -0.3 is 10.1 Å². The number of hydrogen-bond donors (Lipinski definition) is 1. The quantitative estimate of drug-likeness (QED) is 0.912. The van der Waals surface area contributed by atoms with Gasteiger partial charge in [-0.3, -0.25) is 4.90 Å². The number of nitrogens with one attached hydrogen (secondary N) is 1. The molecule has 1 amide bonds. The molecule has 1 aliphatic heterocycles. The van der Waals surface area contributed by atoms with Crippen LogP contribution < -0.4 is 5.32 Å². The normalized spacial score (nSPS) is 23.2. The summed E-state index contributed by atoms with van der Waals surface area (Å²) in [5, 5.41) is 3.39. The second-order valence-corrected chi connectivity index (χ2v) is 7.66. The number of nitrogens with zero attached hydrogens (tertiary/aromatic N) is 2. The first-order valence-electron chi connectivity index (χ1n) is 7.59. The van der Waals surface area contributed by atoms with Crippen LogP contribution in [0.15, 0.2) is 5.51 Å². The Bertz CT molecular complexity index is 519. The van der Waals surface area contributed by atoms with Crippen molar-refractivity contribution >= 4 is 17.4 Å². The van der Waals surface area contributed by atoms with E-state index in [1.807, 2.05) is 31.2 Å². The Hall–Kier alpha value is -1.14. The molecule has 0 spiro atoms. The number of aromatic nitrogens is 1. The summed E-state index contributed by atoms with van der Waals surface area (Å²) < 4.78 is 5.56. The summed E-state index contributed by atoms with van der Waals surface area (Å²) >= 11 is 1.66. The van der Waals surface area contributed by atoms with Gasteiger partial charge in [0.2, 0.25) is 0 Å². The fourth-order valence-corrected chi connectivity index (χ4v) is 3.64. The van der Waals surface area contributed by atoms with Crippen molar-refractivity contribution in [3.8, 4) is 0 Å². The van der Waals surface area contributed by atoms with Crippen molar-refractivity contribution in [1.29, 1.82) is 0 Å². The van der Waals surface area contributed by atoms with Crippen molar-refractivity contribution < 1.29 is 9.53 Å². The van der Waals surface area contributed by atoms with Crippen LogP contribution in [0, 0.1) is 0 Å². The highest BCUT2D eigenvalue weighted by Gasteiger charge is 2.37. The number of ether oxygens (including phenoxy) is 1. The summed E-state index contributed by atoms with van der Waals surface area (Å²) in [7, 11) is 0. The summed E-state index contributed by atoms with van der Waals surface area (Å²) in [4.78, 5) is 20.1. The van der Waals surface area contributed by atoms with Crippen molar-refractivity contribution in [2.24, 2.45) is 0 Å². The topological polar surface area (TPSA) is 54.5 Å². The van der Waals surface area contributed by atoms with Gasteiger partial charge >= 0.3 is 6.09 Å². The highest BCUT2D eigenvalue weighted by Crippen LogP contribution is 2.44. The molecule has 6 heteroatoms. The molecular weight excluding hydrogens is 286 g/mol. The molecule has 0 radical (unpaired) electrons. The standard InChI is InChI=1S/C15H23N3O2S/c1-15(2,3)20-14(19)18-7-6-16-8-11(18)13-12(10-4-5-10)17-9-21-13/h9-11,16H,4-8H2,1-3H3. The molecule has 1 saturated carbocycles. The number of rotatable bonds is 2. The Morgan fingerprint density at radius 2 is 2.24 bits per heavy atom. The molecule has 0 bridgehead atoms. The maximum atomic E-state index is 12.5. The molecule has 1 atom stereocenters. The molecule has 1 unspecified atom stereocenters. The predicted molar refractivity (Wildman–Crippen MR) is 82.6 cm³/mol. The summed E-state index contributed by atoms with van der Waals surface area (Å²) in [6.07, 6.45) is 2.23. The number of piperazine rings is 1. The molecule has 5 nitrogen and oxygen atoms in total. The summed E-state index contributed by atoms with van der Waals surface area (Å²) in [5.41, 5.74) is 2.65. The number of carbonyl (C=O) groups excluding carboxylic acids is 1. The van der Waals surface area contributed by atoms with Crippen LogP contribution in [0.2, 0.25) is 0 Å². The van der Waals surface area contributed by atoms with Crippen LogP contribution in [0.1, 0.15) is 56.1 Å². The number of thiazole rings is 1. The van der Waals surface area contributed by atoms with Crippen molar-refractivity contribution in [2.75, 3.05) is 19.6 Å². The Balaban J connectivity index is 1.81. The molecule has 21 heavy (non-hydrogen) atoms. The summed E-state index contributed by atoms with van der Waals surface area (Å²) in [6, 6.07) is 0.0525. The Labute approximate surface area is 129 Å². The number of carbonyl (C=O) groups is 1. The SMILES string of the molecule is CC(C)(C)OC(=O)N1CCNCC1c1scnc1C1CC1. The Morgan fingerprint density at radius 1 is 1.48 bits per heavy atom. The third kappa shape index (κ3) is 3.37. The average molecular weight is 309 g/mol. The minimum atomic E-state index is -0.459. The lowest BCUT2D eigenvalue weighted by Crippen LogP contribution is -2.50. The minimum Gasteiger partial charge on any atom is -0.444 e. The molecule has 1 aromatic heterocycles. The molecule has 3 rings (SSSR count). The first-order valence-corrected chi connectivity index (χ1v) is 8.47. The zero-order chi connectivity index (χ0) is 15.0. The van der Waals surface area contributed by atoms with Gasteiger partial charge in [0.1, 0.15) is 5.60 Å². The van der Waals surface area contributed by atoms with Crippen LogP contribution in [-0.2, 0) is 4.74 Å². The molecule has 1 aromatic rings. The molecule has 1 saturated heterocycles. The van der Waals surface area contributed by atoms with Gasteiger partial charge in [-0.25, -0.2) is 9.78 Å². The molecule has 0 aromatic carbocycles. The van der Waals surface area contributed by atoms with E-state index in [4.69, 9.17) is 4.74 Å². The van der Waals surface area contributed by atoms with Crippen molar-refractivity contribution in [3.63, 3.8) is 0 Å². The molecule has 2 aliphatic rings.